The molecule has 10 nitrogen and oxygen atoms in total. The van der Waals surface area contributed by atoms with Crippen molar-refractivity contribution in [3.63, 3.8) is 0 Å². The number of fused-ring (bicyclic) bond motifs is 1. The van der Waals surface area contributed by atoms with E-state index in [1.54, 1.807) is 55.5 Å². The second kappa shape index (κ2) is 9.69. The SMILES string of the molecule is CCOc1ccc(C(=O)NC(=S)Nc2ccc(N3C(=O)c4ccccc4C3=O)cc2)cc1[N+](=O)[O-]. The number of ether oxygens (including phenoxy) is 1. The highest BCUT2D eigenvalue weighted by atomic mass is 32.1. The molecule has 0 spiro atoms. The molecule has 3 aromatic rings. The minimum Gasteiger partial charge on any atom is -0.487 e. The molecule has 176 valence electrons. The second-order valence-electron chi connectivity index (χ2n) is 7.32. The van der Waals surface area contributed by atoms with Crippen LogP contribution in [0.25, 0.3) is 0 Å². The van der Waals surface area contributed by atoms with Crippen LogP contribution in [0.5, 0.6) is 5.75 Å². The van der Waals surface area contributed by atoms with Crippen molar-refractivity contribution in [3.8, 4) is 5.75 Å². The summed E-state index contributed by atoms with van der Waals surface area (Å²) in [5.41, 5.74) is 1.27. The number of carbonyl (C=O) groups is 3. The Morgan fingerprint density at radius 1 is 1.03 bits per heavy atom. The van der Waals surface area contributed by atoms with Crippen LogP contribution in [-0.4, -0.2) is 34.4 Å². The zero-order valence-electron chi connectivity index (χ0n) is 18.3. The highest BCUT2D eigenvalue weighted by Gasteiger charge is 2.36. The lowest BCUT2D eigenvalue weighted by atomic mass is 10.1. The number of nitrogens with one attached hydrogen (secondary N) is 2. The van der Waals surface area contributed by atoms with Gasteiger partial charge in [0.25, 0.3) is 17.7 Å². The monoisotopic (exact) mass is 490 g/mol. The maximum atomic E-state index is 12.6. The quantitative estimate of drug-likeness (QED) is 0.230. The number of nitro groups is 1. The van der Waals surface area contributed by atoms with E-state index in [1.165, 1.54) is 12.1 Å². The Kier molecular flexibility index (Phi) is 6.51. The first kappa shape index (κ1) is 23.5. The van der Waals surface area contributed by atoms with Crippen LogP contribution in [0.15, 0.2) is 66.7 Å². The van der Waals surface area contributed by atoms with E-state index in [2.05, 4.69) is 10.6 Å². The van der Waals surface area contributed by atoms with Crippen molar-refractivity contribution in [2.24, 2.45) is 0 Å². The van der Waals surface area contributed by atoms with Crippen molar-refractivity contribution in [2.45, 2.75) is 6.92 Å². The number of anilines is 2. The summed E-state index contributed by atoms with van der Waals surface area (Å²) in [6, 6.07) is 16.8. The molecule has 0 radical (unpaired) electrons. The van der Waals surface area contributed by atoms with Crippen molar-refractivity contribution in [3.05, 3.63) is 93.5 Å². The van der Waals surface area contributed by atoms with Crippen molar-refractivity contribution in [1.29, 1.82) is 0 Å². The van der Waals surface area contributed by atoms with Crippen LogP contribution >= 0.6 is 12.2 Å². The van der Waals surface area contributed by atoms with Gasteiger partial charge in [0.2, 0.25) is 0 Å². The minimum absolute atomic E-state index is 0.0327. The van der Waals surface area contributed by atoms with E-state index < -0.39 is 22.6 Å². The molecule has 3 amide bonds. The summed E-state index contributed by atoms with van der Waals surface area (Å²) in [6.45, 7) is 1.94. The molecule has 0 bridgehead atoms. The van der Waals surface area contributed by atoms with E-state index in [9.17, 15) is 24.5 Å². The largest absolute Gasteiger partial charge is 0.487 e. The summed E-state index contributed by atoms with van der Waals surface area (Å²) < 4.78 is 5.21. The molecule has 1 heterocycles. The van der Waals surface area contributed by atoms with Gasteiger partial charge >= 0.3 is 5.69 Å². The summed E-state index contributed by atoms with van der Waals surface area (Å²) >= 11 is 5.17. The highest BCUT2D eigenvalue weighted by molar-refractivity contribution is 7.80. The van der Waals surface area contributed by atoms with E-state index >= 15 is 0 Å². The third-order valence-corrected chi connectivity index (χ3v) is 5.33. The molecule has 0 aliphatic carbocycles. The summed E-state index contributed by atoms with van der Waals surface area (Å²) in [6.07, 6.45) is 0. The molecule has 0 fully saturated rings. The summed E-state index contributed by atoms with van der Waals surface area (Å²) in [5, 5.41) is 16.5. The Balaban J connectivity index is 1.42. The first-order chi connectivity index (χ1) is 16.8. The van der Waals surface area contributed by atoms with Gasteiger partial charge in [-0.1, -0.05) is 12.1 Å². The van der Waals surface area contributed by atoms with Gasteiger partial charge in [0.05, 0.1) is 28.3 Å². The predicted molar refractivity (Wildman–Crippen MR) is 132 cm³/mol. The third kappa shape index (κ3) is 4.70. The van der Waals surface area contributed by atoms with Gasteiger partial charge in [-0.05, 0) is 67.7 Å². The zero-order valence-corrected chi connectivity index (χ0v) is 19.1. The Morgan fingerprint density at radius 3 is 2.23 bits per heavy atom. The summed E-state index contributed by atoms with van der Waals surface area (Å²) in [5.74, 6) is -1.39. The fourth-order valence-corrected chi connectivity index (χ4v) is 3.74. The van der Waals surface area contributed by atoms with E-state index in [0.29, 0.717) is 22.5 Å². The van der Waals surface area contributed by atoms with Gasteiger partial charge in [-0.2, -0.15) is 0 Å². The van der Waals surface area contributed by atoms with E-state index in [0.717, 1.165) is 11.0 Å². The normalized spacial score (nSPS) is 12.2. The number of carbonyl (C=O) groups excluding carboxylic acids is 3. The van der Waals surface area contributed by atoms with Crippen LogP contribution in [0.2, 0.25) is 0 Å². The first-order valence-corrected chi connectivity index (χ1v) is 10.8. The van der Waals surface area contributed by atoms with Gasteiger partial charge in [-0.25, -0.2) is 4.90 Å². The number of hydrogen-bond acceptors (Lipinski definition) is 7. The average Bonchev–Trinajstić information content (AvgIpc) is 3.10. The van der Waals surface area contributed by atoms with E-state index in [1.807, 2.05) is 0 Å². The molecule has 0 unspecified atom stereocenters. The number of rotatable bonds is 6. The lowest BCUT2D eigenvalue weighted by Crippen LogP contribution is -2.34. The molecule has 1 aliphatic rings. The summed E-state index contributed by atoms with van der Waals surface area (Å²) in [4.78, 5) is 49.5. The molecule has 2 N–H and O–H groups in total. The average molecular weight is 490 g/mol. The van der Waals surface area contributed by atoms with Gasteiger partial charge in [-0.3, -0.25) is 29.8 Å². The number of amides is 3. The van der Waals surface area contributed by atoms with Crippen LogP contribution in [0.1, 0.15) is 38.0 Å². The molecule has 11 heteroatoms. The molecule has 4 rings (SSSR count). The van der Waals surface area contributed by atoms with Crippen LogP contribution < -0.4 is 20.3 Å². The predicted octanol–water partition coefficient (Wildman–Crippen LogP) is 3.92. The highest BCUT2D eigenvalue weighted by Crippen LogP contribution is 2.29. The third-order valence-electron chi connectivity index (χ3n) is 5.12. The Morgan fingerprint density at radius 2 is 1.66 bits per heavy atom. The van der Waals surface area contributed by atoms with Gasteiger partial charge in [-0.15, -0.1) is 0 Å². The molecular formula is C24H18N4O6S. The molecule has 3 aromatic carbocycles. The Hall–Kier alpha value is -4.64. The molecule has 1 aliphatic heterocycles. The smallest absolute Gasteiger partial charge is 0.311 e. The fourth-order valence-electron chi connectivity index (χ4n) is 3.53. The van der Waals surface area contributed by atoms with Gasteiger partial charge < -0.3 is 10.1 Å². The van der Waals surface area contributed by atoms with Crippen LogP contribution in [0.3, 0.4) is 0 Å². The molecule has 0 saturated heterocycles. The number of imide groups is 1. The van der Waals surface area contributed by atoms with E-state index in [-0.39, 0.29) is 28.7 Å². The zero-order chi connectivity index (χ0) is 25.1. The molecule has 0 atom stereocenters. The van der Waals surface area contributed by atoms with Crippen LogP contribution in [0.4, 0.5) is 17.1 Å². The van der Waals surface area contributed by atoms with Gasteiger partial charge in [0, 0.05) is 17.3 Å². The number of nitrogens with zero attached hydrogens (tertiary/aromatic N) is 2. The molecular weight excluding hydrogens is 472 g/mol. The lowest BCUT2D eigenvalue weighted by Gasteiger charge is -2.15. The van der Waals surface area contributed by atoms with Crippen molar-refractivity contribution in [1.82, 2.24) is 5.32 Å². The molecule has 0 saturated carbocycles. The van der Waals surface area contributed by atoms with Gasteiger partial charge in [0.15, 0.2) is 10.9 Å². The number of hydrogen-bond donors (Lipinski definition) is 2. The number of nitro benzene ring substituents is 1. The standard InChI is InChI=1S/C24H18N4O6S/c1-2-34-20-12-7-14(13-19(20)28(32)33)21(29)26-24(35)25-15-8-10-16(11-9-15)27-22(30)17-5-3-4-6-18(17)23(27)31/h3-13H,2H2,1H3,(H2,25,26,29,35). The van der Waals surface area contributed by atoms with Crippen molar-refractivity contribution >= 4 is 52.1 Å². The number of benzene rings is 3. The maximum Gasteiger partial charge on any atom is 0.311 e. The molecule has 35 heavy (non-hydrogen) atoms. The van der Waals surface area contributed by atoms with Crippen LogP contribution in [-0.2, 0) is 0 Å². The van der Waals surface area contributed by atoms with E-state index in [4.69, 9.17) is 17.0 Å². The lowest BCUT2D eigenvalue weighted by molar-refractivity contribution is -0.385. The fraction of sp³-hybridized carbons (Fsp3) is 0.0833. The first-order valence-electron chi connectivity index (χ1n) is 10.4. The second-order valence-corrected chi connectivity index (χ2v) is 7.73. The molecule has 0 aromatic heterocycles. The van der Waals surface area contributed by atoms with Crippen LogP contribution in [0, 0.1) is 10.1 Å². The summed E-state index contributed by atoms with van der Waals surface area (Å²) in [7, 11) is 0. The minimum atomic E-state index is -0.642. The van der Waals surface area contributed by atoms with Gasteiger partial charge in [0.1, 0.15) is 0 Å². The number of thiocarbonyl (C=S) groups is 1. The Labute approximate surface area is 204 Å². The topological polar surface area (TPSA) is 131 Å². The van der Waals surface area contributed by atoms with Crippen molar-refractivity contribution < 1.29 is 24.0 Å². The maximum absolute atomic E-state index is 12.6. The Bertz CT molecular complexity index is 1340. The van der Waals surface area contributed by atoms with Crippen molar-refractivity contribution in [2.75, 3.05) is 16.8 Å².